The average Bonchev–Trinajstić information content (AvgIpc) is 2.52. The average molecular weight is 300 g/mol. The Morgan fingerprint density at radius 1 is 1.14 bits per heavy atom. The molecule has 0 aromatic heterocycles. The van der Waals surface area contributed by atoms with Gasteiger partial charge in [0.05, 0.1) is 17.5 Å². The molecule has 0 aliphatic carbocycles. The Hall–Kier alpha value is -2.49. The van der Waals surface area contributed by atoms with Gasteiger partial charge in [0.25, 0.3) is 0 Å². The van der Waals surface area contributed by atoms with Crippen LogP contribution in [0.15, 0.2) is 42.5 Å². The zero-order valence-corrected chi connectivity index (χ0v) is 11.8. The topological polar surface area (TPSA) is 33.0 Å². The van der Waals surface area contributed by atoms with E-state index in [1.807, 2.05) is 18.2 Å². The molecule has 4 heteroatoms. The van der Waals surface area contributed by atoms with E-state index in [0.717, 1.165) is 5.56 Å². The molecule has 0 saturated carbocycles. The highest BCUT2D eigenvalue weighted by atomic mass is 35.5. The van der Waals surface area contributed by atoms with Crippen LogP contribution in [0.25, 0.3) is 0 Å². The smallest absolute Gasteiger partial charge is 0.131 e. The predicted octanol–water partition coefficient (Wildman–Crippen LogP) is 3.87. The Kier molecular flexibility index (Phi) is 5.21. The Labute approximate surface area is 127 Å². The molecule has 21 heavy (non-hydrogen) atoms. The van der Waals surface area contributed by atoms with Crippen molar-refractivity contribution in [1.29, 1.82) is 5.26 Å². The van der Waals surface area contributed by atoms with Crippen molar-refractivity contribution in [3.05, 3.63) is 65.0 Å². The lowest BCUT2D eigenvalue weighted by Gasteiger charge is -2.07. The maximum Gasteiger partial charge on any atom is 0.131 e. The van der Waals surface area contributed by atoms with Crippen molar-refractivity contribution in [3.63, 3.8) is 0 Å². The van der Waals surface area contributed by atoms with E-state index < -0.39 is 5.82 Å². The van der Waals surface area contributed by atoms with Crippen LogP contribution in [0.5, 0.6) is 5.75 Å². The van der Waals surface area contributed by atoms with E-state index in [1.54, 1.807) is 24.3 Å². The fourth-order valence-corrected chi connectivity index (χ4v) is 1.76. The molecule has 0 unspecified atom stereocenters. The third-order valence-corrected chi connectivity index (χ3v) is 2.84. The molecule has 0 N–H and O–H groups in total. The quantitative estimate of drug-likeness (QED) is 0.637. The van der Waals surface area contributed by atoms with Crippen LogP contribution < -0.4 is 4.74 Å². The van der Waals surface area contributed by atoms with Crippen molar-refractivity contribution in [2.45, 2.75) is 6.61 Å². The molecule has 104 valence electrons. The van der Waals surface area contributed by atoms with Gasteiger partial charge >= 0.3 is 0 Å². The summed E-state index contributed by atoms with van der Waals surface area (Å²) in [5.41, 5.74) is 1.47. The van der Waals surface area contributed by atoms with E-state index >= 15 is 0 Å². The number of nitrogens with zero attached hydrogens (tertiary/aromatic N) is 1. The fraction of sp³-hybridized carbons (Fsp3) is 0.118. The van der Waals surface area contributed by atoms with E-state index in [2.05, 4.69) is 11.8 Å². The van der Waals surface area contributed by atoms with Crippen LogP contribution in [0, 0.1) is 29.0 Å². The number of rotatable bonds is 3. The summed E-state index contributed by atoms with van der Waals surface area (Å²) in [5, 5.41) is 8.69. The Morgan fingerprint density at radius 3 is 2.71 bits per heavy atom. The summed E-state index contributed by atoms with van der Waals surface area (Å²) in [6.45, 7) is 0.0872. The molecule has 0 aliphatic rings. The Bertz CT molecular complexity index is 740. The third kappa shape index (κ3) is 4.24. The number of benzene rings is 2. The third-order valence-electron chi connectivity index (χ3n) is 2.71. The predicted molar refractivity (Wildman–Crippen MR) is 79.5 cm³/mol. The van der Waals surface area contributed by atoms with Gasteiger partial charge in [0.2, 0.25) is 0 Å². The highest BCUT2D eigenvalue weighted by Gasteiger charge is 2.04. The molecule has 0 radical (unpaired) electrons. The first-order valence-corrected chi connectivity index (χ1v) is 6.72. The number of hydrogen-bond donors (Lipinski definition) is 0. The highest BCUT2D eigenvalue weighted by Crippen LogP contribution is 2.16. The van der Waals surface area contributed by atoms with Gasteiger partial charge in [-0.05, 0) is 30.3 Å². The van der Waals surface area contributed by atoms with Crippen molar-refractivity contribution in [1.82, 2.24) is 0 Å². The van der Waals surface area contributed by atoms with Gasteiger partial charge in [0, 0.05) is 11.1 Å². The minimum Gasteiger partial charge on any atom is -0.489 e. The van der Waals surface area contributed by atoms with Crippen molar-refractivity contribution in [2.24, 2.45) is 0 Å². The lowest BCUT2D eigenvalue weighted by atomic mass is 10.1. The maximum atomic E-state index is 13.7. The molecule has 0 saturated heterocycles. The molecule has 0 heterocycles. The summed E-state index contributed by atoms with van der Waals surface area (Å²) in [6, 6.07) is 13.4. The summed E-state index contributed by atoms with van der Waals surface area (Å²) in [4.78, 5) is 0. The summed E-state index contributed by atoms with van der Waals surface area (Å²) in [7, 11) is 0. The fourth-order valence-electron chi connectivity index (χ4n) is 1.69. The first-order chi connectivity index (χ1) is 10.2. The van der Waals surface area contributed by atoms with Crippen molar-refractivity contribution >= 4 is 11.6 Å². The van der Waals surface area contributed by atoms with Crippen LogP contribution in [-0.2, 0) is 6.61 Å². The molecule has 2 aromatic carbocycles. The van der Waals surface area contributed by atoms with Crippen LogP contribution in [0.2, 0.25) is 0 Å². The standard InChI is InChI=1S/C17H11ClFNO/c18-8-2-4-13-3-1-5-16(9-13)21-12-15-7-6-14(11-20)10-17(15)19/h1,3,5-7,9-10H,8,12H2. The van der Waals surface area contributed by atoms with Crippen LogP contribution in [0.3, 0.4) is 0 Å². The number of alkyl halides is 1. The second-order valence-corrected chi connectivity index (χ2v) is 4.44. The van der Waals surface area contributed by atoms with Crippen molar-refractivity contribution < 1.29 is 9.13 Å². The Balaban J connectivity index is 2.08. The molecular formula is C17H11ClFNO. The zero-order valence-electron chi connectivity index (χ0n) is 11.1. The van der Waals surface area contributed by atoms with Gasteiger partial charge in [0.1, 0.15) is 18.2 Å². The van der Waals surface area contributed by atoms with Crippen molar-refractivity contribution in [2.75, 3.05) is 5.88 Å². The molecule has 0 atom stereocenters. The molecule has 0 amide bonds. The number of halogens is 2. The molecule has 2 nitrogen and oxygen atoms in total. The monoisotopic (exact) mass is 299 g/mol. The molecule has 2 rings (SSSR count). The van der Waals surface area contributed by atoms with E-state index in [1.165, 1.54) is 6.07 Å². The highest BCUT2D eigenvalue weighted by molar-refractivity contribution is 6.19. The van der Waals surface area contributed by atoms with Crippen LogP contribution in [0.4, 0.5) is 4.39 Å². The van der Waals surface area contributed by atoms with Crippen LogP contribution in [0.1, 0.15) is 16.7 Å². The van der Waals surface area contributed by atoms with E-state index in [0.29, 0.717) is 11.3 Å². The number of ether oxygens (including phenoxy) is 1. The molecular weight excluding hydrogens is 289 g/mol. The van der Waals surface area contributed by atoms with Crippen molar-refractivity contribution in [3.8, 4) is 23.7 Å². The van der Waals surface area contributed by atoms with Crippen LogP contribution in [-0.4, -0.2) is 5.88 Å². The van der Waals surface area contributed by atoms with E-state index in [-0.39, 0.29) is 18.1 Å². The normalized spacial score (nSPS) is 9.38. The van der Waals surface area contributed by atoms with Gasteiger partial charge in [0.15, 0.2) is 0 Å². The first-order valence-electron chi connectivity index (χ1n) is 6.19. The largest absolute Gasteiger partial charge is 0.489 e. The summed E-state index contributed by atoms with van der Waals surface area (Å²) < 4.78 is 19.3. The maximum absolute atomic E-state index is 13.7. The Morgan fingerprint density at radius 2 is 2.00 bits per heavy atom. The first kappa shape index (κ1) is 14.9. The van der Waals surface area contributed by atoms with Crippen LogP contribution >= 0.6 is 11.6 Å². The molecule has 0 bridgehead atoms. The van der Waals surface area contributed by atoms with Gasteiger partial charge in [-0.15, -0.1) is 11.6 Å². The van der Waals surface area contributed by atoms with E-state index in [4.69, 9.17) is 21.6 Å². The lowest BCUT2D eigenvalue weighted by molar-refractivity contribution is 0.300. The minimum atomic E-state index is -0.452. The summed E-state index contributed by atoms with van der Waals surface area (Å²) >= 11 is 5.51. The zero-order chi connectivity index (χ0) is 15.1. The van der Waals surface area contributed by atoms with E-state index in [9.17, 15) is 4.39 Å². The summed E-state index contributed by atoms with van der Waals surface area (Å²) in [5.74, 6) is 6.05. The number of nitriles is 1. The number of hydrogen-bond acceptors (Lipinski definition) is 2. The second-order valence-electron chi connectivity index (χ2n) is 4.17. The van der Waals surface area contributed by atoms with Gasteiger partial charge in [-0.25, -0.2) is 4.39 Å². The molecule has 0 aliphatic heterocycles. The molecule has 0 spiro atoms. The van der Waals surface area contributed by atoms with Gasteiger partial charge < -0.3 is 4.74 Å². The van der Waals surface area contributed by atoms with Gasteiger partial charge in [-0.2, -0.15) is 5.26 Å². The van der Waals surface area contributed by atoms with Gasteiger partial charge in [-0.1, -0.05) is 24.0 Å². The second kappa shape index (κ2) is 7.33. The molecule has 2 aromatic rings. The molecule has 0 fully saturated rings. The summed E-state index contributed by atoms with van der Waals surface area (Å²) in [6.07, 6.45) is 0. The lowest BCUT2D eigenvalue weighted by Crippen LogP contribution is -1.99. The SMILES string of the molecule is N#Cc1ccc(COc2cccc(C#CCCl)c2)c(F)c1. The van der Waals surface area contributed by atoms with Gasteiger partial charge in [-0.3, -0.25) is 0 Å². The minimum absolute atomic E-state index is 0.0872.